The monoisotopic (exact) mass is 142 g/mol. The van der Waals surface area contributed by atoms with E-state index in [1.54, 1.807) is 0 Å². The Bertz CT molecular complexity index is 77.3. The molecule has 0 aromatic carbocycles. The fourth-order valence-electron chi connectivity index (χ4n) is 1.59. The first kappa shape index (κ1) is 8.02. The number of rotatable bonds is 3. The highest BCUT2D eigenvalue weighted by Gasteiger charge is 2.10. The summed E-state index contributed by atoms with van der Waals surface area (Å²) in [6, 6.07) is 0.775. The van der Waals surface area contributed by atoms with Crippen molar-refractivity contribution in [3.8, 4) is 0 Å². The van der Waals surface area contributed by atoms with Gasteiger partial charge < -0.3 is 11.1 Å². The highest BCUT2D eigenvalue weighted by atomic mass is 14.9. The Kier molecular flexibility index (Phi) is 3.76. The van der Waals surface area contributed by atoms with Gasteiger partial charge in [-0.15, -0.1) is 0 Å². The minimum absolute atomic E-state index is 0.774. The molecular formula is C8H18N2. The van der Waals surface area contributed by atoms with E-state index in [1.807, 2.05) is 0 Å². The van der Waals surface area contributed by atoms with Crippen LogP contribution in [0.1, 0.15) is 32.1 Å². The van der Waals surface area contributed by atoms with Gasteiger partial charge in [0.05, 0.1) is 0 Å². The molecule has 0 bridgehead atoms. The van der Waals surface area contributed by atoms with Gasteiger partial charge in [0.1, 0.15) is 0 Å². The molecule has 0 amide bonds. The first-order valence-electron chi connectivity index (χ1n) is 4.37. The molecule has 0 saturated heterocycles. The summed E-state index contributed by atoms with van der Waals surface area (Å²) < 4.78 is 0. The van der Waals surface area contributed by atoms with Crippen LogP contribution < -0.4 is 11.1 Å². The standard InChI is InChI=1S/C8H18N2/c9-6-7-10-8-4-2-1-3-5-8/h8,10H,1-7,9H2. The molecular weight excluding hydrogens is 124 g/mol. The summed E-state index contributed by atoms with van der Waals surface area (Å²) in [5.74, 6) is 0. The molecule has 1 aliphatic carbocycles. The van der Waals surface area contributed by atoms with Gasteiger partial charge in [0.2, 0.25) is 0 Å². The largest absolute Gasteiger partial charge is 0.329 e. The Morgan fingerprint density at radius 1 is 1.20 bits per heavy atom. The minimum Gasteiger partial charge on any atom is -0.329 e. The SMILES string of the molecule is NCCNC1CCCCC1. The maximum absolute atomic E-state index is 5.38. The van der Waals surface area contributed by atoms with Crippen LogP contribution in [0.15, 0.2) is 0 Å². The average Bonchev–Trinajstić information content (AvgIpc) is 2.03. The molecule has 1 rings (SSSR count). The summed E-state index contributed by atoms with van der Waals surface area (Å²) in [4.78, 5) is 0. The molecule has 1 aliphatic rings. The molecule has 0 spiro atoms. The van der Waals surface area contributed by atoms with E-state index in [4.69, 9.17) is 5.73 Å². The van der Waals surface area contributed by atoms with E-state index in [2.05, 4.69) is 5.32 Å². The van der Waals surface area contributed by atoms with Crippen LogP contribution in [0.3, 0.4) is 0 Å². The first-order chi connectivity index (χ1) is 4.93. The van der Waals surface area contributed by atoms with Crippen molar-refractivity contribution >= 4 is 0 Å². The van der Waals surface area contributed by atoms with Crippen molar-refractivity contribution in [2.45, 2.75) is 38.1 Å². The van der Waals surface area contributed by atoms with Crippen LogP contribution >= 0.6 is 0 Å². The maximum Gasteiger partial charge on any atom is 0.00770 e. The van der Waals surface area contributed by atoms with Crippen molar-refractivity contribution < 1.29 is 0 Å². The molecule has 0 heterocycles. The zero-order valence-corrected chi connectivity index (χ0v) is 6.60. The zero-order chi connectivity index (χ0) is 7.23. The van der Waals surface area contributed by atoms with Gasteiger partial charge in [-0.2, -0.15) is 0 Å². The quantitative estimate of drug-likeness (QED) is 0.613. The molecule has 0 aromatic rings. The second kappa shape index (κ2) is 4.69. The lowest BCUT2D eigenvalue weighted by Crippen LogP contribution is -2.34. The maximum atomic E-state index is 5.38. The Labute approximate surface area is 63.2 Å². The van der Waals surface area contributed by atoms with Gasteiger partial charge in [-0.1, -0.05) is 19.3 Å². The fraction of sp³-hybridized carbons (Fsp3) is 1.00. The van der Waals surface area contributed by atoms with Crippen molar-refractivity contribution in [3.05, 3.63) is 0 Å². The van der Waals surface area contributed by atoms with E-state index in [1.165, 1.54) is 32.1 Å². The lowest BCUT2D eigenvalue weighted by Gasteiger charge is -2.22. The van der Waals surface area contributed by atoms with Gasteiger partial charge in [-0.3, -0.25) is 0 Å². The molecule has 1 saturated carbocycles. The second-order valence-electron chi connectivity index (χ2n) is 3.08. The van der Waals surface area contributed by atoms with E-state index in [0.717, 1.165) is 19.1 Å². The van der Waals surface area contributed by atoms with Gasteiger partial charge >= 0.3 is 0 Å². The van der Waals surface area contributed by atoms with Crippen molar-refractivity contribution in [2.75, 3.05) is 13.1 Å². The zero-order valence-electron chi connectivity index (χ0n) is 6.60. The van der Waals surface area contributed by atoms with Gasteiger partial charge in [0.25, 0.3) is 0 Å². The van der Waals surface area contributed by atoms with Crippen molar-refractivity contribution in [2.24, 2.45) is 5.73 Å². The minimum atomic E-state index is 0.774. The van der Waals surface area contributed by atoms with Gasteiger partial charge in [0, 0.05) is 19.1 Å². The van der Waals surface area contributed by atoms with Crippen LogP contribution in [0.25, 0.3) is 0 Å². The summed E-state index contributed by atoms with van der Waals surface area (Å²) in [5.41, 5.74) is 5.38. The van der Waals surface area contributed by atoms with E-state index >= 15 is 0 Å². The van der Waals surface area contributed by atoms with Crippen LogP contribution in [-0.4, -0.2) is 19.1 Å². The molecule has 0 aromatic heterocycles. The van der Waals surface area contributed by atoms with E-state index in [-0.39, 0.29) is 0 Å². The summed E-state index contributed by atoms with van der Waals surface area (Å²) >= 11 is 0. The highest BCUT2D eigenvalue weighted by molar-refractivity contribution is 4.71. The molecule has 0 aliphatic heterocycles. The molecule has 10 heavy (non-hydrogen) atoms. The smallest absolute Gasteiger partial charge is 0.00770 e. The fourth-order valence-corrected chi connectivity index (χ4v) is 1.59. The van der Waals surface area contributed by atoms with E-state index < -0.39 is 0 Å². The summed E-state index contributed by atoms with van der Waals surface area (Å²) in [6.07, 6.45) is 6.96. The number of nitrogens with two attached hydrogens (primary N) is 1. The lowest BCUT2D eigenvalue weighted by molar-refractivity contribution is 0.377. The number of hydrogen-bond donors (Lipinski definition) is 2. The number of hydrogen-bond acceptors (Lipinski definition) is 2. The highest BCUT2D eigenvalue weighted by Crippen LogP contribution is 2.16. The lowest BCUT2D eigenvalue weighted by atomic mass is 9.96. The summed E-state index contributed by atoms with van der Waals surface area (Å²) in [7, 11) is 0. The van der Waals surface area contributed by atoms with Crippen LogP contribution in [0.5, 0.6) is 0 Å². The molecule has 2 heteroatoms. The molecule has 1 fully saturated rings. The Morgan fingerprint density at radius 2 is 1.90 bits per heavy atom. The molecule has 0 radical (unpaired) electrons. The first-order valence-corrected chi connectivity index (χ1v) is 4.37. The van der Waals surface area contributed by atoms with Gasteiger partial charge in [0.15, 0.2) is 0 Å². The van der Waals surface area contributed by atoms with Crippen LogP contribution in [0, 0.1) is 0 Å². The van der Waals surface area contributed by atoms with Crippen LogP contribution in [0.2, 0.25) is 0 Å². The molecule has 2 nitrogen and oxygen atoms in total. The van der Waals surface area contributed by atoms with Crippen molar-refractivity contribution in [1.82, 2.24) is 5.32 Å². The van der Waals surface area contributed by atoms with Crippen LogP contribution in [-0.2, 0) is 0 Å². The summed E-state index contributed by atoms with van der Waals surface area (Å²) in [6.45, 7) is 1.77. The molecule has 3 N–H and O–H groups in total. The van der Waals surface area contributed by atoms with Crippen molar-refractivity contribution in [3.63, 3.8) is 0 Å². The van der Waals surface area contributed by atoms with Crippen LogP contribution in [0.4, 0.5) is 0 Å². The Hall–Kier alpha value is -0.0800. The Morgan fingerprint density at radius 3 is 2.50 bits per heavy atom. The molecule has 0 atom stereocenters. The van der Waals surface area contributed by atoms with E-state index in [0.29, 0.717) is 0 Å². The third-order valence-electron chi connectivity index (χ3n) is 2.18. The average molecular weight is 142 g/mol. The van der Waals surface area contributed by atoms with Crippen molar-refractivity contribution in [1.29, 1.82) is 0 Å². The topological polar surface area (TPSA) is 38.0 Å². The summed E-state index contributed by atoms with van der Waals surface area (Å²) in [5, 5.41) is 3.45. The molecule has 60 valence electrons. The Balaban J connectivity index is 2.02. The predicted molar refractivity (Wildman–Crippen MR) is 43.9 cm³/mol. The normalized spacial score (nSPS) is 21.3. The van der Waals surface area contributed by atoms with E-state index in [9.17, 15) is 0 Å². The van der Waals surface area contributed by atoms with Gasteiger partial charge in [-0.25, -0.2) is 0 Å². The molecule has 0 unspecified atom stereocenters. The number of nitrogens with one attached hydrogen (secondary N) is 1. The predicted octanol–water partition coefficient (Wildman–Crippen LogP) is 0.867. The van der Waals surface area contributed by atoms with Gasteiger partial charge in [-0.05, 0) is 12.8 Å². The third kappa shape index (κ3) is 2.67. The second-order valence-corrected chi connectivity index (χ2v) is 3.08. The third-order valence-corrected chi connectivity index (χ3v) is 2.18.